The molecule has 0 spiro atoms. The summed E-state index contributed by atoms with van der Waals surface area (Å²) in [6.45, 7) is 4.92. The van der Waals surface area contributed by atoms with Gasteiger partial charge in [-0.05, 0) is 17.9 Å². The number of carbonyl (C=O) groups is 1. The van der Waals surface area contributed by atoms with Gasteiger partial charge < -0.3 is 5.32 Å². The molecule has 1 aromatic carbocycles. The summed E-state index contributed by atoms with van der Waals surface area (Å²) >= 11 is 1.46. The number of nitrogens with one attached hydrogen (secondary N) is 1. The first-order valence-corrected chi connectivity index (χ1v) is 10.9. The van der Waals surface area contributed by atoms with E-state index in [4.69, 9.17) is 0 Å². The van der Waals surface area contributed by atoms with Gasteiger partial charge in [0.1, 0.15) is 0 Å². The molecule has 1 aromatic rings. The second-order valence-electron chi connectivity index (χ2n) is 6.40. The predicted molar refractivity (Wildman–Crippen MR) is 96.5 cm³/mol. The highest BCUT2D eigenvalue weighted by atomic mass is 32.2. The van der Waals surface area contributed by atoms with Gasteiger partial charge in [0.15, 0.2) is 9.84 Å². The first-order valence-electron chi connectivity index (χ1n) is 8.01. The van der Waals surface area contributed by atoms with Crippen molar-refractivity contribution in [2.75, 3.05) is 23.8 Å². The van der Waals surface area contributed by atoms with Crippen LogP contribution in [0.15, 0.2) is 30.3 Å². The second kappa shape index (κ2) is 8.20. The smallest absolute Gasteiger partial charge is 0.230 e. The van der Waals surface area contributed by atoms with E-state index < -0.39 is 9.84 Å². The molecule has 2 atom stereocenters. The highest BCUT2D eigenvalue weighted by molar-refractivity contribution is 8.02. The summed E-state index contributed by atoms with van der Waals surface area (Å²) in [5.41, 5.74) is 1.23. The van der Waals surface area contributed by atoms with Crippen LogP contribution in [0, 0.1) is 5.92 Å². The number of rotatable bonds is 7. The highest BCUT2D eigenvalue weighted by Gasteiger charge is 2.28. The number of hydrogen-bond donors (Lipinski definition) is 1. The first-order chi connectivity index (χ1) is 10.9. The fraction of sp³-hybridized carbons (Fsp3) is 0.588. The maximum absolute atomic E-state index is 12.0. The molecule has 1 aliphatic heterocycles. The van der Waals surface area contributed by atoms with Crippen LogP contribution in [-0.4, -0.2) is 43.4 Å². The topological polar surface area (TPSA) is 63.2 Å². The van der Waals surface area contributed by atoms with Gasteiger partial charge in [-0.1, -0.05) is 44.2 Å². The van der Waals surface area contributed by atoms with Crippen LogP contribution in [0.5, 0.6) is 0 Å². The van der Waals surface area contributed by atoms with Crippen LogP contribution in [0.3, 0.4) is 0 Å². The van der Waals surface area contributed by atoms with Gasteiger partial charge in [-0.2, -0.15) is 0 Å². The van der Waals surface area contributed by atoms with Gasteiger partial charge in [0.2, 0.25) is 5.91 Å². The lowest BCUT2D eigenvalue weighted by Gasteiger charge is -2.22. The SMILES string of the molecule is CC(C)[C@H](CNC(=O)CS[C@@H]1CCS(=O)(=O)C1)c1ccccc1. The monoisotopic (exact) mass is 355 g/mol. The lowest BCUT2D eigenvalue weighted by atomic mass is 9.88. The molecule has 23 heavy (non-hydrogen) atoms. The van der Waals surface area contributed by atoms with Crippen LogP contribution in [0.25, 0.3) is 0 Å². The standard InChI is InChI=1S/C17H25NO3S2/c1-13(2)16(14-6-4-3-5-7-14)10-18-17(19)11-22-15-8-9-23(20,21)12-15/h3-7,13,15-16H,8-12H2,1-2H3,(H,18,19)/t15-,16+/m1/s1. The minimum Gasteiger partial charge on any atom is -0.355 e. The Hall–Kier alpha value is -1.01. The Balaban J connectivity index is 1.78. The summed E-state index contributed by atoms with van der Waals surface area (Å²) in [5.74, 6) is 1.52. The van der Waals surface area contributed by atoms with E-state index in [9.17, 15) is 13.2 Å². The van der Waals surface area contributed by atoms with Crippen molar-refractivity contribution in [2.24, 2.45) is 5.92 Å². The summed E-state index contributed by atoms with van der Waals surface area (Å²) in [6, 6.07) is 10.2. The Kier molecular flexibility index (Phi) is 6.53. The number of thioether (sulfide) groups is 1. The molecular weight excluding hydrogens is 330 g/mol. The largest absolute Gasteiger partial charge is 0.355 e. The Morgan fingerprint density at radius 1 is 1.30 bits per heavy atom. The molecule has 0 aliphatic carbocycles. The molecule has 0 aromatic heterocycles. The molecule has 2 rings (SSSR count). The molecule has 1 fully saturated rings. The van der Waals surface area contributed by atoms with Crippen molar-refractivity contribution >= 4 is 27.5 Å². The second-order valence-corrected chi connectivity index (χ2v) is 9.92. The van der Waals surface area contributed by atoms with Crippen molar-refractivity contribution in [3.8, 4) is 0 Å². The molecule has 1 aliphatic rings. The number of carbonyl (C=O) groups excluding carboxylic acids is 1. The maximum Gasteiger partial charge on any atom is 0.230 e. The molecule has 128 valence electrons. The molecular formula is C17H25NO3S2. The normalized spacial score (nSPS) is 21.3. The quantitative estimate of drug-likeness (QED) is 0.816. The molecule has 0 radical (unpaired) electrons. The van der Waals surface area contributed by atoms with Crippen molar-refractivity contribution in [1.82, 2.24) is 5.32 Å². The molecule has 4 nitrogen and oxygen atoms in total. The van der Waals surface area contributed by atoms with Gasteiger partial charge in [-0.25, -0.2) is 8.42 Å². The average molecular weight is 356 g/mol. The summed E-state index contributed by atoms with van der Waals surface area (Å²) in [6.07, 6.45) is 0.666. The van der Waals surface area contributed by atoms with Gasteiger partial charge in [-0.15, -0.1) is 11.8 Å². The van der Waals surface area contributed by atoms with Crippen LogP contribution < -0.4 is 5.32 Å². The van der Waals surface area contributed by atoms with Crippen molar-refractivity contribution in [1.29, 1.82) is 0 Å². The Morgan fingerprint density at radius 3 is 2.57 bits per heavy atom. The van der Waals surface area contributed by atoms with Crippen molar-refractivity contribution in [3.05, 3.63) is 35.9 Å². The average Bonchev–Trinajstić information content (AvgIpc) is 2.85. The fourth-order valence-corrected chi connectivity index (χ4v) is 6.27. The van der Waals surface area contributed by atoms with Gasteiger partial charge in [0, 0.05) is 17.7 Å². The lowest BCUT2D eigenvalue weighted by molar-refractivity contribution is -0.118. The van der Waals surface area contributed by atoms with E-state index in [2.05, 4.69) is 31.3 Å². The lowest BCUT2D eigenvalue weighted by Crippen LogP contribution is -2.32. The molecule has 1 N–H and O–H groups in total. The van der Waals surface area contributed by atoms with Gasteiger partial charge in [0.05, 0.1) is 17.3 Å². The zero-order valence-corrected chi connectivity index (χ0v) is 15.3. The molecule has 1 amide bonds. The number of sulfone groups is 1. The van der Waals surface area contributed by atoms with Crippen LogP contribution in [0.4, 0.5) is 0 Å². The van der Waals surface area contributed by atoms with Crippen molar-refractivity contribution in [3.63, 3.8) is 0 Å². The van der Waals surface area contributed by atoms with Crippen molar-refractivity contribution < 1.29 is 13.2 Å². The zero-order valence-electron chi connectivity index (χ0n) is 13.7. The zero-order chi connectivity index (χ0) is 16.9. The third-order valence-electron chi connectivity index (χ3n) is 4.19. The summed E-state index contributed by atoms with van der Waals surface area (Å²) in [5, 5.41) is 3.07. The number of benzene rings is 1. The molecule has 1 saturated heterocycles. The number of hydrogen-bond acceptors (Lipinski definition) is 4. The molecule has 0 unspecified atom stereocenters. The van der Waals surface area contributed by atoms with Gasteiger partial charge in [-0.3, -0.25) is 4.79 Å². The minimum absolute atomic E-state index is 0.0131. The molecule has 0 bridgehead atoms. The Bertz CT molecular complexity index is 614. The third-order valence-corrected chi connectivity index (χ3v) is 7.47. The van der Waals surface area contributed by atoms with Crippen LogP contribution in [0.2, 0.25) is 0 Å². The summed E-state index contributed by atoms with van der Waals surface area (Å²) in [7, 11) is -2.87. The summed E-state index contributed by atoms with van der Waals surface area (Å²) < 4.78 is 22.8. The number of amides is 1. The molecule has 1 heterocycles. The van der Waals surface area contributed by atoms with Gasteiger partial charge >= 0.3 is 0 Å². The van der Waals surface area contributed by atoms with Crippen LogP contribution in [-0.2, 0) is 14.6 Å². The fourth-order valence-electron chi connectivity index (χ4n) is 2.80. The Labute approximate surface area is 143 Å². The summed E-state index contributed by atoms with van der Waals surface area (Å²) in [4.78, 5) is 12.0. The molecule has 0 saturated carbocycles. The minimum atomic E-state index is -2.87. The first kappa shape index (κ1) is 18.3. The molecule has 6 heteroatoms. The predicted octanol–water partition coefficient (Wildman–Crippen LogP) is 2.46. The van der Waals surface area contributed by atoms with E-state index in [0.29, 0.717) is 24.6 Å². The van der Waals surface area contributed by atoms with Gasteiger partial charge in [0.25, 0.3) is 0 Å². The Morgan fingerprint density at radius 2 is 2.00 bits per heavy atom. The van der Waals surface area contributed by atoms with E-state index in [1.807, 2.05) is 18.2 Å². The third kappa shape index (κ3) is 5.84. The van der Waals surface area contributed by atoms with E-state index in [-0.39, 0.29) is 28.6 Å². The maximum atomic E-state index is 12.0. The van der Waals surface area contributed by atoms with Crippen LogP contribution >= 0.6 is 11.8 Å². The van der Waals surface area contributed by atoms with E-state index >= 15 is 0 Å². The van der Waals surface area contributed by atoms with E-state index in [1.54, 1.807) is 0 Å². The van der Waals surface area contributed by atoms with E-state index in [0.717, 1.165) is 0 Å². The van der Waals surface area contributed by atoms with E-state index in [1.165, 1.54) is 17.3 Å². The van der Waals surface area contributed by atoms with Crippen LogP contribution in [0.1, 0.15) is 31.7 Å². The van der Waals surface area contributed by atoms with Crippen molar-refractivity contribution in [2.45, 2.75) is 31.4 Å². The highest BCUT2D eigenvalue weighted by Crippen LogP contribution is 2.25.